The van der Waals surface area contributed by atoms with Crippen LogP contribution < -0.4 is 15.6 Å². The zero-order valence-corrected chi connectivity index (χ0v) is 18.0. The number of aromatic nitrogens is 2. The molecular weight excluding hydrogens is 426 g/mol. The third-order valence-electron chi connectivity index (χ3n) is 4.66. The summed E-state index contributed by atoms with van der Waals surface area (Å²) in [7, 11) is 0. The van der Waals surface area contributed by atoms with Crippen molar-refractivity contribution >= 4 is 23.2 Å². The summed E-state index contributed by atoms with van der Waals surface area (Å²) in [5, 5.41) is 2.66. The van der Waals surface area contributed by atoms with Gasteiger partial charge in [0, 0.05) is 12.1 Å². The number of esters is 1. The fourth-order valence-electron chi connectivity index (χ4n) is 3.18. The van der Waals surface area contributed by atoms with Crippen molar-refractivity contribution in [2.45, 2.75) is 20.5 Å². The Kier molecular flexibility index (Phi) is 6.21. The molecule has 168 valence electrons. The number of benzene rings is 2. The number of hydrogen-bond acceptors (Lipinski definition) is 7. The van der Waals surface area contributed by atoms with E-state index >= 15 is 0 Å². The predicted octanol–water partition coefficient (Wildman–Crippen LogP) is 3.28. The second-order valence-corrected chi connectivity index (χ2v) is 7.36. The zero-order chi connectivity index (χ0) is 23.4. The van der Waals surface area contributed by atoms with Gasteiger partial charge in [-0.2, -0.15) is 0 Å². The smallest absolute Gasteiger partial charge is 0.340 e. The molecule has 1 N–H and O–H groups in total. The Morgan fingerprint density at radius 1 is 1.06 bits per heavy atom. The van der Waals surface area contributed by atoms with E-state index in [4.69, 9.17) is 14.0 Å². The first-order valence-corrected chi connectivity index (χ1v) is 10.1. The SMILES string of the molecule is Cc1cccc(OCC(=O)Nc2ccccc2C(=O)OCc2cc(=O)n3oc(C)cc3n2)c1. The lowest BCUT2D eigenvalue weighted by Crippen LogP contribution is -2.22. The van der Waals surface area contributed by atoms with Crippen molar-refractivity contribution in [3.63, 3.8) is 0 Å². The normalized spacial score (nSPS) is 10.7. The zero-order valence-electron chi connectivity index (χ0n) is 18.0. The molecule has 0 aliphatic heterocycles. The van der Waals surface area contributed by atoms with Crippen LogP contribution in [0.4, 0.5) is 5.69 Å². The molecule has 0 saturated heterocycles. The van der Waals surface area contributed by atoms with Crippen LogP contribution in [0.2, 0.25) is 0 Å². The fourth-order valence-corrected chi connectivity index (χ4v) is 3.18. The van der Waals surface area contributed by atoms with Gasteiger partial charge in [-0.05, 0) is 43.7 Å². The van der Waals surface area contributed by atoms with Gasteiger partial charge in [0.25, 0.3) is 11.5 Å². The van der Waals surface area contributed by atoms with Crippen molar-refractivity contribution in [1.29, 1.82) is 0 Å². The first-order valence-electron chi connectivity index (χ1n) is 10.1. The third kappa shape index (κ3) is 5.27. The maximum atomic E-state index is 12.7. The molecule has 2 aromatic heterocycles. The average Bonchev–Trinajstić information content (AvgIpc) is 3.17. The van der Waals surface area contributed by atoms with Crippen LogP contribution in [0.1, 0.15) is 27.4 Å². The molecule has 0 aliphatic carbocycles. The van der Waals surface area contributed by atoms with Crippen LogP contribution in [-0.4, -0.2) is 28.0 Å². The van der Waals surface area contributed by atoms with Gasteiger partial charge in [0.05, 0.1) is 16.9 Å². The van der Waals surface area contributed by atoms with Gasteiger partial charge < -0.3 is 19.3 Å². The number of amides is 1. The highest BCUT2D eigenvalue weighted by Gasteiger charge is 2.16. The Hall–Kier alpha value is -4.40. The van der Waals surface area contributed by atoms with E-state index < -0.39 is 17.4 Å². The monoisotopic (exact) mass is 447 g/mol. The maximum Gasteiger partial charge on any atom is 0.340 e. The number of ether oxygens (including phenoxy) is 2. The van der Waals surface area contributed by atoms with Gasteiger partial charge in [-0.25, -0.2) is 9.78 Å². The summed E-state index contributed by atoms with van der Waals surface area (Å²) in [6.07, 6.45) is 0. The van der Waals surface area contributed by atoms with Crippen molar-refractivity contribution < 1.29 is 23.6 Å². The molecule has 9 nitrogen and oxygen atoms in total. The van der Waals surface area contributed by atoms with Crippen molar-refractivity contribution in [3.8, 4) is 5.75 Å². The van der Waals surface area contributed by atoms with Gasteiger partial charge >= 0.3 is 5.97 Å². The largest absolute Gasteiger partial charge is 0.484 e. The van der Waals surface area contributed by atoms with E-state index in [1.54, 1.807) is 37.3 Å². The summed E-state index contributed by atoms with van der Waals surface area (Å²) < 4.78 is 17.1. The lowest BCUT2D eigenvalue weighted by molar-refractivity contribution is -0.118. The molecule has 33 heavy (non-hydrogen) atoms. The van der Waals surface area contributed by atoms with Gasteiger partial charge in [-0.3, -0.25) is 9.59 Å². The summed E-state index contributed by atoms with van der Waals surface area (Å²) in [5.74, 6) is 0.0129. The minimum absolute atomic E-state index is 0.165. The Morgan fingerprint density at radius 3 is 2.70 bits per heavy atom. The highest BCUT2D eigenvalue weighted by atomic mass is 16.5. The lowest BCUT2D eigenvalue weighted by Gasteiger charge is -2.11. The van der Waals surface area contributed by atoms with E-state index in [0.717, 1.165) is 10.1 Å². The standard InChI is InChI=1S/C24H21N3O6/c1-15-6-5-7-18(10-15)31-14-22(28)26-20-9-4-3-8-19(20)24(30)32-13-17-12-23(29)27-21(25-17)11-16(2)33-27/h3-12H,13-14H2,1-2H3,(H,26,28). The van der Waals surface area contributed by atoms with Gasteiger partial charge in [0.15, 0.2) is 12.3 Å². The van der Waals surface area contributed by atoms with Crippen LogP contribution in [-0.2, 0) is 16.1 Å². The van der Waals surface area contributed by atoms with Crippen LogP contribution in [0.3, 0.4) is 0 Å². The maximum absolute atomic E-state index is 12.7. The molecule has 0 aliphatic rings. The highest BCUT2D eigenvalue weighted by Crippen LogP contribution is 2.18. The molecule has 0 saturated carbocycles. The van der Waals surface area contributed by atoms with Crippen LogP contribution in [0.15, 0.2) is 70.0 Å². The van der Waals surface area contributed by atoms with E-state index in [-0.39, 0.29) is 30.2 Å². The molecule has 0 atom stereocenters. The molecular formula is C24H21N3O6. The first kappa shape index (κ1) is 21.8. The summed E-state index contributed by atoms with van der Waals surface area (Å²) >= 11 is 0. The lowest BCUT2D eigenvalue weighted by atomic mass is 10.2. The molecule has 1 amide bonds. The second-order valence-electron chi connectivity index (χ2n) is 7.36. The minimum Gasteiger partial charge on any atom is -0.484 e. The molecule has 0 unspecified atom stereocenters. The minimum atomic E-state index is -0.670. The molecule has 2 heterocycles. The third-order valence-corrected chi connectivity index (χ3v) is 4.66. The number of fused-ring (bicyclic) bond motifs is 1. The van der Waals surface area contributed by atoms with E-state index in [1.807, 2.05) is 25.1 Å². The first-order chi connectivity index (χ1) is 15.9. The van der Waals surface area contributed by atoms with Crippen molar-refractivity contribution in [3.05, 3.63) is 93.6 Å². The highest BCUT2D eigenvalue weighted by molar-refractivity contribution is 6.01. The summed E-state index contributed by atoms with van der Waals surface area (Å²) in [5.41, 5.74) is 1.66. The van der Waals surface area contributed by atoms with E-state index in [9.17, 15) is 14.4 Å². The molecule has 9 heteroatoms. The molecule has 4 aromatic rings. The number of hydrogen-bond donors (Lipinski definition) is 1. The number of anilines is 1. The second kappa shape index (κ2) is 9.39. The van der Waals surface area contributed by atoms with Crippen LogP contribution >= 0.6 is 0 Å². The van der Waals surface area contributed by atoms with E-state index in [1.165, 1.54) is 12.1 Å². The quantitative estimate of drug-likeness (QED) is 0.433. The number of rotatable bonds is 7. The number of carbonyl (C=O) groups excluding carboxylic acids is 2. The fraction of sp³-hybridized carbons (Fsp3) is 0.167. The molecule has 0 radical (unpaired) electrons. The Bertz CT molecular complexity index is 1390. The average molecular weight is 447 g/mol. The van der Waals surface area contributed by atoms with Crippen molar-refractivity contribution in [2.75, 3.05) is 11.9 Å². The van der Waals surface area contributed by atoms with E-state index in [2.05, 4.69) is 10.3 Å². The number of aryl methyl sites for hydroxylation is 2. The molecule has 0 bridgehead atoms. The van der Waals surface area contributed by atoms with Gasteiger partial charge in [-0.1, -0.05) is 24.3 Å². The summed E-state index contributed by atoms with van der Waals surface area (Å²) in [6.45, 7) is 3.19. The van der Waals surface area contributed by atoms with Crippen molar-refractivity contribution in [2.24, 2.45) is 0 Å². The number of carbonyl (C=O) groups is 2. The Balaban J connectivity index is 1.40. The van der Waals surface area contributed by atoms with Crippen LogP contribution in [0.5, 0.6) is 5.75 Å². The van der Waals surface area contributed by atoms with Crippen LogP contribution in [0, 0.1) is 13.8 Å². The molecule has 4 rings (SSSR count). The Labute approximate surface area is 188 Å². The van der Waals surface area contributed by atoms with E-state index in [0.29, 0.717) is 17.2 Å². The number of para-hydroxylation sites is 1. The van der Waals surface area contributed by atoms with Crippen LogP contribution in [0.25, 0.3) is 5.65 Å². The Morgan fingerprint density at radius 2 is 1.88 bits per heavy atom. The summed E-state index contributed by atoms with van der Waals surface area (Å²) in [4.78, 5) is 41.4. The molecule has 2 aromatic carbocycles. The summed E-state index contributed by atoms with van der Waals surface area (Å²) in [6, 6.07) is 16.6. The topological polar surface area (TPSA) is 112 Å². The molecule has 0 fully saturated rings. The number of nitrogens with zero attached hydrogens (tertiary/aromatic N) is 2. The van der Waals surface area contributed by atoms with Gasteiger partial charge in [0.2, 0.25) is 0 Å². The van der Waals surface area contributed by atoms with Crippen molar-refractivity contribution in [1.82, 2.24) is 9.56 Å². The predicted molar refractivity (Wildman–Crippen MR) is 119 cm³/mol. The van der Waals surface area contributed by atoms with Gasteiger partial charge in [0.1, 0.15) is 18.1 Å². The van der Waals surface area contributed by atoms with Gasteiger partial charge in [-0.15, -0.1) is 4.57 Å². The number of nitrogens with one attached hydrogen (secondary N) is 1. The molecule has 0 spiro atoms.